The number of rotatable bonds is 7. The van der Waals surface area contributed by atoms with Crippen molar-refractivity contribution in [1.29, 1.82) is 5.26 Å². The summed E-state index contributed by atoms with van der Waals surface area (Å²) in [6.07, 6.45) is 1.37. The number of aliphatic imine (C=N–C) groups is 1. The number of non-ortho nitro benzene ring substituents is 1. The molecule has 6 nitrogen and oxygen atoms in total. The molecule has 0 aliphatic carbocycles. The second-order valence-corrected chi connectivity index (χ2v) is 5.94. The Morgan fingerprint density at radius 2 is 2.08 bits per heavy atom. The summed E-state index contributed by atoms with van der Waals surface area (Å²) < 4.78 is 0. The fraction of sp³-hybridized carbons (Fsp3) is 0.176. The van der Waals surface area contributed by atoms with E-state index in [1.54, 1.807) is 17.8 Å². The maximum atomic E-state index is 11.6. The highest BCUT2D eigenvalue weighted by atomic mass is 32.2. The van der Waals surface area contributed by atoms with Crippen LogP contribution in [-0.4, -0.2) is 23.4 Å². The van der Waals surface area contributed by atoms with E-state index in [1.165, 1.54) is 24.4 Å². The minimum atomic E-state index is -0.542. The highest BCUT2D eigenvalue weighted by molar-refractivity contribution is 7.98. The molecule has 0 aliphatic rings. The van der Waals surface area contributed by atoms with Crippen LogP contribution in [0.3, 0.4) is 0 Å². The lowest BCUT2D eigenvalue weighted by atomic mass is 10.1. The zero-order valence-electron chi connectivity index (χ0n) is 12.7. The maximum absolute atomic E-state index is 11.6. The number of nitro benzene ring substituents is 1. The highest BCUT2D eigenvalue weighted by Gasteiger charge is 2.05. The van der Waals surface area contributed by atoms with Crippen LogP contribution < -0.4 is 5.11 Å². The van der Waals surface area contributed by atoms with Gasteiger partial charge in [-0.3, -0.25) is 15.1 Å². The molecule has 24 heavy (non-hydrogen) atoms. The Balaban J connectivity index is 1.84. The van der Waals surface area contributed by atoms with Crippen LogP contribution >= 0.6 is 11.8 Å². The summed E-state index contributed by atoms with van der Waals surface area (Å²) >= 11 is 1.63. The van der Waals surface area contributed by atoms with Gasteiger partial charge in [-0.05, 0) is 17.2 Å². The van der Waals surface area contributed by atoms with Crippen molar-refractivity contribution in [2.75, 3.05) is 12.3 Å². The molecule has 0 fully saturated rings. The Kier molecular flexibility index (Phi) is 6.34. The van der Waals surface area contributed by atoms with Crippen LogP contribution in [0.1, 0.15) is 16.7 Å². The van der Waals surface area contributed by atoms with Gasteiger partial charge in [0.1, 0.15) is 0 Å². The van der Waals surface area contributed by atoms with E-state index in [-0.39, 0.29) is 17.0 Å². The number of hydrogen-bond acceptors (Lipinski definition) is 6. The molecule has 7 heteroatoms. The van der Waals surface area contributed by atoms with E-state index in [2.05, 4.69) is 11.1 Å². The summed E-state index contributed by atoms with van der Waals surface area (Å²) in [4.78, 5) is 14.3. The molecule has 0 radical (unpaired) electrons. The Morgan fingerprint density at radius 3 is 2.83 bits per heavy atom. The molecule has 2 aromatic rings. The molecular weight excluding hydrogens is 326 g/mol. The Hall–Kier alpha value is -2.85. The van der Waals surface area contributed by atoms with Crippen LogP contribution in [0.4, 0.5) is 5.69 Å². The van der Waals surface area contributed by atoms with Crippen molar-refractivity contribution in [2.24, 2.45) is 4.99 Å². The number of hydrogen-bond donors (Lipinski definition) is 0. The zero-order chi connectivity index (χ0) is 17.4. The first-order valence-electron chi connectivity index (χ1n) is 7.13. The van der Waals surface area contributed by atoms with Crippen LogP contribution in [-0.2, 0) is 5.75 Å². The van der Waals surface area contributed by atoms with Gasteiger partial charge in [0.05, 0.1) is 16.6 Å². The van der Waals surface area contributed by atoms with Crippen molar-refractivity contribution in [2.45, 2.75) is 5.75 Å². The second kappa shape index (κ2) is 8.70. The third-order valence-electron chi connectivity index (χ3n) is 3.19. The van der Waals surface area contributed by atoms with E-state index in [1.807, 2.05) is 18.2 Å². The lowest BCUT2D eigenvalue weighted by Gasteiger charge is -2.08. The Labute approximate surface area is 143 Å². The predicted octanol–water partition coefficient (Wildman–Crippen LogP) is 2.89. The third kappa shape index (κ3) is 4.83. The van der Waals surface area contributed by atoms with E-state index in [0.717, 1.165) is 11.3 Å². The largest absolute Gasteiger partial charge is 0.872 e. The molecule has 2 rings (SSSR count). The topological polar surface area (TPSA) is 102 Å². The fourth-order valence-electron chi connectivity index (χ4n) is 1.97. The van der Waals surface area contributed by atoms with Crippen molar-refractivity contribution in [3.8, 4) is 11.8 Å². The van der Waals surface area contributed by atoms with Gasteiger partial charge in [0.2, 0.25) is 0 Å². The van der Waals surface area contributed by atoms with Crippen LogP contribution in [0.25, 0.3) is 0 Å². The highest BCUT2D eigenvalue weighted by Crippen LogP contribution is 2.19. The lowest BCUT2D eigenvalue weighted by molar-refractivity contribution is -0.385. The van der Waals surface area contributed by atoms with Gasteiger partial charge in [0.15, 0.2) is 0 Å². The van der Waals surface area contributed by atoms with Gasteiger partial charge >= 0.3 is 0 Å². The molecule has 0 amide bonds. The first kappa shape index (κ1) is 17.5. The molecule has 0 saturated carbocycles. The first-order chi connectivity index (χ1) is 11.6. The molecule has 0 saturated heterocycles. The fourth-order valence-corrected chi connectivity index (χ4v) is 2.82. The van der Waals surface area contributed by atoms with Crippen molar-refractivity contribution < 1.29 is 10.0 Å². The second-order valence-electron chi connectivity index (χ2n) is 4.84. The number of nitro groups is 1. The van der Waals surface area contributed by atoms with Crippen molar-refractivity contribution in [3.05, 3.63) is 69.3 Å². The van der Waals surface area contributed by atoms with Crippen molar-refractivity contribution >= 4 is 23.7 Å². The van der Waals surface area contributed by atoms with Gasteiger partial charge in [0.25, 0.3) is 5.69 Å². The van der Waals surface area contributed by atoms with Gasteiger partial charge in [-0.15, -0.1) is 0 Å². The molecule has 0 unspecified atom stereocenters. The average molecular weight is 340 g/mol. The van der Waals surface area contributed by atoms with Crippen LogP contribution in [0, 0.1) is 21.4 Å². The Morgan fingerprint density at radius 1 is 1.29 bits per heavy atom. The van der Waals surface area contributed by atoms with E-state index < -0.39 is 4.92 Å². The molecule has 2 aromatic carbocycles. The van der Waals surface area contributed by atoms with Crippen LogP contribution in [0.2, 0.25) is 0 Å². The SMILES string of the molecule is N#Cc1ccccc1CSCCN=Cc1cc([N+](=O)[O-])ccc1[O-]. The van der Waals surface area contributed by atoms with E-state index >= 15 is 0 Å². The monoisotopic (exact) mass is 340 g/mol. The minimum absolute atomic E-state index is 0.126. The number of nitrogens with zero attached hydrogens (tertiary/aromatic N) is 3. The van der Waals surface area contributed by atoms with Gasteiger partial charge in [-0.25, -0.2) is 0 Å². The lowest BCUT2D eigenvalue weighted by Crippen LogP contribution is -1.99. The quantitative estimate of drug-likeness (QED) is 0.334. The van der Waals surface area contributed by atoms with Gasteiger partial charge < -0.3 is 5.11 Å². The molecule has 122 valence electrons. The number of benzene rings is 2. The average Bonchev–Trinajstić information content (AvgIpc) is 2.59. The first-order valence-corrected chi connectivity index (χ1v) is 8.28. The zero-order valence-corrected chi connectivity index (χ0v) is 13.5. The predicted molar refractivity (Wildman–Crippen MR) is 92.3 cm³/mol. The number of thioether (sulfide) groups is 1. The molecule has 0 spiro atoms. The number of nitriles is 1. The van der Waals surface area contributed by atoms with E-state index in [4.69, 9.17) is 5.26 Å². The summed E-state index contributed by atoms with van der Waals surface area (Å²) in [5.74, 6) is 1.14. The summed E-state index contributed by atoms with van der Waals surface area (Å²) in [5, 5.41) is 31.3. The third-order valence-corrected chi connectivity index (χ3v) is 4.18. The molecule has 0 aromatic heterocycles. The van der Waals surface area contributed by atoms with Gasteiger partial charge in [-0.2, -0.15) is 17.0 Å². The molecule has 0 aliphatic heterocycles. The maximum Gasteiger partial charge on any atom is 0.270 e. The molecule has 0 heterocycles. The summed E-state index contributed by atoms with van der Waals surface area (Å²) in [6, 6.07) is 13.2. The molecule has 0 atom stereocenters. The van der Waals surface area contributed by atoms with Crippen molar-refractivity contribution in [1.82, 2.24) is 0 Å². The van der Waals surface area contributed by atoms with E-state index in [9.17, 15) is 15.2 Å². The van der Waals surface area contributed by atoms with Crippen molar-refractivity contribution in [3.63, 3.8) is 0 Å². The van der Waals surface area contributed by atoms with E-state index in [0.29, 0.717) is 17.9 Å². The van der Waals surface area contributed by atoms with Crippen LogP contribution in [0.15, 0.2) is 47.5 Å². The molecule has 0 bridgehead atoms. The standard InChI is InChI=1S/C17H15N3O3S/c18-10-13-3-1-2-4-14(13)12-24-8-7-19-11-15-9-16(20(22)23)5-6-17(15)21/h1-6,9,11,21H,7-8,12H2/p-1. The summed E-state index contributed by atoms with van der Waals surface area (Å²) in [6.45, 7) is 0.488. The van der Waals surface area contributed by atoms with Gasteiger partial charge in [0, 0.05) is 36.4 Å². The van der Waals surface area contributed by atoms with Crippen LogP contribution in [0.5, 0.6) is 5.75 Å². The summed E-state index contributed by atoms with van der Waals surface area (Å²) in [5.41, 5.74) is 1.73. The minimum Gasteiger partial charge on any atom is -0.872 e. The Bertz CT molecular complexity index is 800. The molecule has 0 N–H and O–H groups in total. The van der Waals surface area contributed by atoms with Gasteiger partial charge in [-0.1, -0.05) is 30.0 Å². The smallest absolute Gasteiger partial charge is 0.270 e. The summed E-state index contributed by atoms with van der Waals surface area (Å²) in [7, 11) is 0. The normalized spacial score (nSPS) is 10.6. The molecular formula is C17H14N3O3S-.